The van der Waals surface area contributed by atoms with Crippen LogP contribution in [0, 0.1) is 0 Å². The van der Waals surface area contributed by atoms with Gasteiger partial charge in [-0.1, -0.05) is 38.1 Å². The van der Waals surface area contributed by atoms with E-state index >= 15 is 0 Å². The van der Waals surface area contributed by atoms with E-state index in [1.807, 2.05) is 10.9 Å². The van der Waals surface area contributed by atoms with Gasteiger partial charge >= 0.3 is 0 Å². The summed E-state index contributed by atoms with van der Waals surface area (Å²) in [6.45, 7) is 7.60. The lowest BCUT2D eigenvalue weighted by Gasteiger charge is -2.07. The predicted octanol–water partition coefficient (Wildman–Crippen LogP) is 2.79. The number of nitrogens with zero attached hydrogens (tertiary/aromatic N) is 2. The van der Waals surface area contributed by atoms with Crippen LogP contribution in [0.25, 0.3) is 0 Å². The predicted molar refractivity (Wildman–Crippen MR) is 85.4 cm³/mol. The lowest BCUT2D eigenvalue weighted by atomic mass is 10.0. The Balaban J connectivity index is 1.86. The highest BCUT2D eigenvalue weighted by Crippen LogP contribution is 2.15. The first-order valence-electron chi connectivity index (χ1n) is 7.50. The summed E-state index contributed by atoms with van der Waals surface area (Å²) in [6, 6.07) is 10.8. The van der Waals surface area contributed by atoms with Gasteiger partial charge in [-0.2, -0.15) is 5.10 Å². The van der Waals surface area contributed by atoms with Gasteiger partial charge in [-0.25, -0.2) is 0 Å². The van der Waals surface area contributed by atoms with Crippen LogP contribution in [0.5, 0.6) is 0 Å². The third-order valence-electron chi connectivity index (χ3n) is 3.48. The van der Waals surface area contributed by atoms with Gasteiger partial charge < -0.3 is 10.1 Å². The van der Waals surface area contributed by atoms with E-state index < -0.39 is 0 Å². The molecule has 0 aliphatic heterocycles. The fourth-order valence-electron chi connectivity index (χ4n) is 2.17. The van der Waals surface area contributed by atoms with Crippen LogP contribution in [-0.2, 0) is 17.8 Å². The second-order valence-corrected chi connectivity index (χ2v) is 5.57. The third kappa shape index (κ3) is 4.99. The Kier molecular flexibility index (Phi) is 5.96. The van der Waals surface area contributed by atoms with Crippen molar-refractivity contribution < 1.29 is 4.74 Å². The lowest BCUT2D eigenvalue weighted by molar-refractivity contribution is 0.199. The largest absolute Gasteiger partial charge is 0.383 e. The number of hydrogen-bond acceptors (Lipinski definition) is 3. The number of ether oxygens (including phenoxy) is 1. The Morgan fingerprint density at radius 3 is 2.62 bits per heavy atom. The van der Waals surface area contributed by atoms with Gasteiger partial charge in [0.15, 0.2) is 0 Å². The summed E-state index contributed by atoms with van der Waals surface area (Å²) in [7, 11) is 1.71. The maximum absolute atomic E-state index is 5.00. The molecule has 4 heteroatoms. The second-order valence-electron chi connectivity index (χ2n) is 5.57. The minimum absolute atomic E-state index is 0.577. The monoisotopic (exact) mass is 287 g/mol. The van der Waals surface area contributed by atoms with Crippen LogP contribution in [0.1, 0.15) is 36.6 Å². The van der Waals surface area contributed by atoms with E-state index in [1.165, 1.54) is 11.1 Å². The van der Waals surface area contributed by atoms with Gasteiger partial charge in [0.25, 0.3) is 0 Å². The van der Waals surface area contributed by atoms with Crippen molar-refractivity contribution >= 4 is 0 Å². The first kappa shape index (κ1) is 15.7. The number of aromatic nitrogens is 2. The molecule has 2 rings (SSSR count). The first-order chi connectivity index (χ1) is 10.2. The standard InChI is InChI=1S/C17H25N3O/c1-14(2)16-6-4-15(5-7-16)13-20-10-8-17(19-20)12-18-9-11-21-3/h4-8,10,14,18H,9,11-13H2,1-3H3. The maximum atomic E-state index is 5.00. The Bertz CT molecular complexity index is 531. The van der Waals surface area contributed by atoms with Crippen molar-refractivity contribution in [2.24, 2.45) is 0 Å². The molecule has 0 aliphatic carbocycles. The molecule has 4 nitrogen and oxygen atoms in total. The van der Waals surface area contributed by atoms with Crippen LogP contribution in [0.4, 0.5) is 0 Å². The van der Waals surface area contributed by atoms with Crippen molar-refractivity contribution in [3.63, 3.8) is 0 Å². The van der Waals surface area contributed by atoms with Gasteiger partial charge in [-0.15, -0.1) is 0 Å². The number of nitrogens with one attached hydrogen (secondary N) is 1. The molecule has 0 amide bonds. The van der Waals surface area contributed by atoms with Crippen molar-refractivity contribution in [2.45, 2.75) is 32.9 Å². The van der Waals surface area contributed by atoms with E-state index in [0.717, 1.165) is 31.9 Å². The summed E-state index contributed by atoms with van der Waals surface area (Å²) in [5, 5.41) is 7.87. The Hall–Kier alpha value is -1.65. The second kappa shape index (κ2) is 7.96. The molecule has 1 aromatic carbocycles. The fraction of sp³-hybridized carbons (Fsp3) is 0.471. The van der Waals surface area contributed by atoms with Crippen molar-refractivity contribution in [3.05, 3.63) is 53.3 Å². The summed E-state index contributed by atoms with van der Waals surface area (Å²) >= 11 is 0. The molecule has 0 saturated carbocycles. The zero-order chi connectivity index (χ0) is 15.1. The average molecular weight is 287 g/mol. The van der Waals surface area contributed by atoms with Crippen LogP contribution in [0.2, 0.25) is 0 Å². The summed E-state index contributed by atoms with van der Waals surface area (Å²) < 4.78 is 6.99. The van der Waals surface area contributed by atoms with E-state index in [1.54, 1.807) is 7.11 Å². The summed E-state index contributed by atoms with van der Waals surface area (Å²) in [4.78, 5) is 0. The highest BCUT2D eigenvalue weighted by Gasteiger charge is 2.02. The molecular formula is C17H25N3O. The Morgan fingerprint density at radius 1 is 1.19 bits per heavy atom. The zero-order valence-corrected chi connectivity index (χ0v) is 13.2. The van der Waals surface area contributed by atoms with Gasteiger partial charge in [0.05, 0.1) is 18.8 Å². The van der Waals surface area contributed by atoms with Crippen LogP contribution in [-0.4, -0.2) is 30.0 Å². The molecule has 0 bridgehead atoms. The smallest absolute Gasteiger partial charge is 0.0762 e. The van der Waals surface area contributed by atoms with Crippen LogP contribution in [0.3, 0.4) is 0 Å². The SMILES string of the molecule is COCCNCc1ccn(Cc2ccc(C(C)C)cc2)n1. The molecule has 0 atom stereocenters. The molecule has 0 unspecified atom stereocenters. The van der Waals surface area contributed by atoms with Crippen molar-refractivity contribution in [1.29, 1.82) is 0 Å². The molecule has 0 saturated heterocycles. The van der Waals surface area contributed by atoms with E-state index in [-0.39, 0.29) is 0 Å². The molecule has 0 aliphatic rings. The molecule has 21 heavy (non-hydrogen) atoms. The van der Waals surface area contributed by atoms with Crippen LogP contribution in [0.15, 0.2) is 36.5 Å². The highest BCUT2D eigenvalue weighted by atomic mass is 16.5. The molecule has 2 aromatic rings. The van der Waals surface area contributed by atoms with Crippen LogP contribution >= 0.6 is 0 Å². The fourth-order valence-corrected chi connectivity index (χ4v) is 2.17. The molecule has 0 fully saturated rings. The van der Waals surface area contributed by atoms with Crippen LogP contribution < -0.4 is 5.32 Å². The van der Waals surface area contributed by atoms with E-state index in [2.05, 4.69) is 54.6 Å². The maximum Gasteiger partial charge on any atom is 0.0762 e. The molecule has 1 heterocycles. The summed E-state index contributed by atoms with van der Waals surface area (Å²) in [5.74, 6) is 0.577. The number of hydrogen-bond donors (Lipinski definition) is 1. The van der Waals surface area contributed by atoms with Crippen molar-refractivity contribution in [2.75, 3.05) is 20.3 Å². The highest BCUT2D eigenvalue weighted by molar-refractivity contribution is 5.24. The van der Waals surface area contributed by atoms with E-state index in [4.69, 9.17) is 4.74 Å². The zero-order valence-electron chi connectivity index (χ0n) is 13.2. The van der Waals surface area contributed by atoms with Gasteiger partial charge in [0.2, 0.25) is 0 Å². The molecule has 114 valence electrons. The van der Waals surface area contributed by atoms with E-state index in [9.17, 15) is 0 Å². The number of rotatable bonds is 8. The topological polar surface area (TPSA) is 39.1 Å². The summed E-state index contributed by atoms with van der Waals surface area (Å²) in [5.41, 5.74) is 3.72. The molecule has 0 spiro atoms. The van der Waals surface area contributed by atoms with E-state index in [0.29, 0.717) is 5.92 Å². The Labute approximate surface area is 127 Å². The molecular weight excluding hydrogens is 262 g/mol. The summed E-state index contributed by atoms with van der Waals surface area (Å²) in [6.07, 6.45) is 2.03. The van der Waals surface area contributed by atoms with Gasteiger partial charge in [0, 0.05) is 26.4 Å². The van der Waals surface area contributed by atoms with Gasteiger partial charge in [-0.3, -0.25) is 4.68 Å². The van der Waals surface area contributed by atoms with Crippen molar-refractivity contribution in [3.8, 4) is 0 Å². The minimum Gasteiger partial charge on any atom is -0.383 e. The van der Waals surface area contributed by atoms with Gasteiger partial charge in [-0.05, 0) is 23.1 Å². The van der Waals surface area contributed by atoms with Crippen molar-refractivity contribution in [1.82, 2.24) is 15.1 Å². The van der Waals surface area contributed by atoms with Gasteiger partial charge in [0.1, 0.15) is 0 Å². The Morgan fingerprint density at radius 2 is 1.95 bits per heavy atom. The quantitative estimate of drug-likeness (QED) is 0.759. The number of methoxy groups -OCH3 is 1. The minimum atomic E-state index is 0.577. The molecule has 1 aromatic heterocycles. The number of benzene rings is 1. The lowest BCUT2D eigenvalue weighted by Crippen LogP contribution is -2.19. The average Bonchev–Trinajstić information content (AvgIpc) is 2.92. The third-order valence-corrected chi connectivity index (χ3v) is 3.48. The normalized spacial score (nSPS) is 11.2. The molecule has 1 N–H and O–H groups in total. The first-order valence-corrected chi connectivity index (χ1v) is 7.50. The molecule has 0 radical (unpaired) electrons.